The molecule has 29 heavy (non-hydrogen) atoms. The van der Waals surface area contributed by atoms with Crippen LogP contribution in [-0.2, 0) is 11.3 Å². The van der Waals surface area contributed by atoms with Crippen molar-refractivity contribution in [1.29, 1.82) is 0 Å². The number of amides is 1. The quantitative estimate of drug-likeness (QED) is 0.578. The number of nitrogens with zero attached hydrogens (tertiary/aromatic N) is 2. The van der Waals surface area contributed by atoms with E-state index >= 15 is 0 Å². The number of esters is 1. The number of rotatable bonds is 5. The van der Waals surface area contributed by atoms with E-state index in [9.17, 15) is 9.59 Å². The summed E-state index contributed by atoms with van der Waals surface area (Å²) in [5.74, 6) is 1.27. The molecule has 0 fully saturated rings. The summed E-state index contributed by atoms with van der Waals surface area (Å²) in [5, 5.41) is 0. The van der Waals surface area contributed by atoms with Crippen LogP contribution in [0.1, 0.15) is 20.7 Å². The molecule has 7 nitrogen and oxygen atoms in total. The summed E-state index contributed by atoms with van der Waals surface area (Å²) in [5.41, 5.74) is 1.82. The topological polar surface area (TPSA) is 79.1 Å². The van der Waals surface area contributed by atoms with Crippen LogP contribution in [0.25, 0.3) is 10.2 Å². The molecule has 4 rings (SSSR count). The van der Waals surface area contributed by atoms with Gasteiger partial charge in [0.1, 0.15) is 0 Å². The summed E-state index contributed by atoms with van der Waals surface area (Å²) in [6, 6.07) is 10.4. The minimum absolute atomic E-state index is 0.150. The number of fused-ring (bicyclic) bond motifs is 2. The van der Waals surface area contributed by atoms with Gasteiger partial charge in [0, 0.05) is 17.9 Å². The van der Waals surface area contributed by atoms with Gasteiger partial charge in [0.15, 0.2) is 16.3 Å². The van der Waals surface area contributed by atoms with Crippen molar-refractivity contribution in [2.75, 3.05) is 25.9 Å². The molecule has 150 valence electrons. The highest BCUT2D eigenvalue weighted by Gasteiger charge is 2.17. The van der Waals surface area contributed by atoms with E-state index in [1.165, 1.54) is 18.4 Å². The molecule has 0 bridgehead atoms. The van der Waals surface area contributed by atoms with Crippen LogP contribution in [0.4, 0.5) is 0 Å². The van der Waals surface area contributed by atoms with E-state index in [0.29, 0.717) is 34.0 Å². The van der Waals surface area contributed by atoms with E-state index in [4.69, 9.17) is 14.2 Å². The third kappa shape index (κ3) is 3.88. The zero-order valence-corrected chi connectivity index (χ0v) is 17.5. The van der Waals surface area contributed by atoms with Crippen LogP contribution in [0, 0.1) is 0 Å². The number of hydrogen-bond donors (Lipinski definition) is 0. The minimum Gasteiger partial charge on any atom is -0.465 e. The Morgan fingerprint density at radius 2 is 1.97 bits per heavy atom. The number of ether oxygens (including phenoxy) is 3. The highest BCUT2D eigenvalue weighted by atomic mass is 32.2. The van der Waals surface area contributed by atoms with Gasteiger partial charge in [0.2, 0.25) is 6.79 Å². The van der Waals surface area contributed by atoms with Gasteiger partial charge in [0.25, 0.3) is 5.91 Å². The fraction of sp³-hybridized carbons (Fsp3) is 0.250. The third-order valence-electron chi connectivity index (χ3n) is 4.44. The van der Waals surface area contributed by atoms with Crippen molar-refractivity contribution < 1.29 is 23.8 Å². The maximum absolute atomic E-state index is 12.8. The number of aromatic nitrogens is 1. The number of carbonyl (C=O) groups excluding carboxylic acids is 2. The van der Waals surface area contributed by atoms with Gasteiger partial charge in [0.05, 0.1) is 22.9 Å². The Morgan fingerprint density at radius 1 is 1.17 bits per heavy atom. The Bertz CT molecular complexity index is 1170. The minimum atomic E-state index is -0.397. The van der Waals surface area contributed by atoms with Crippen molar-refractivity contribution in [2.45, 2.75) is 6.54 Å². The summed E-state index contributed by atoms with van der Waals surface area (Å²) in [6.07, 6.45) is 2.03. The average Bonchev–Trinajstić information content (AvgIpc) is 3.34. The van der Waals surface area contributed by atoms with Crippen molar-refractivity contribution in [3.8, 4) is 11.5 Å². The lowest BCUT2D eigenvalue weighted by atomic mass is 10.2. The average molecular weight is 431 g/mol. The number of methoxy groups -OCH3 is 1. The number of carbonyl (C=O) groups is 2. The first-order chi connectivity index (χ1) is 14.1. The summed E-state index contributed by atoms with van der Waals surface area (Å²) in [7, 11) is 1.35. The van der Waals surface area contributed by atoms with Crippen LogP contribution in [0.5, 0.6) is 11.5 Å². The molecule has 1 aromatic heterocycles. The van der Waals surface area contributed by atoms with Crippen molar-refractivity contribution in [3.05, 3.63) is 52.3 Å². The molecule has 3 aromatic rings. The lowest BCUT2D eigenvalue weighted by molar-refractivity contribution is 0.0600. The Kier molecular flexibility index (Phi) is 5.59. The van der Waals surface area contributed by atoms with E-state index in [1.807, 2.05) is 16.9 Å². The normalized spacial score (nSPS) is 13.1. The highest BCUT2D eigenvalue weighted by molar-refractivity contribution is 7.98. The fourth-order valence-corrected chi connectivity index (χ4v) is 4.44. The van der Waals surface area contributed by atoms with E-state index in [1.54, 1.807) is 42.1 Å². The van der Waals surface area contributed by atoms with Gasteiger partial charge in [-0.15, -0.1) is 0 Å². The molecule has 0 spiro atoms. The van der Waals surface area contributed by atoms with Gasteiger partial charge < -0.3 is 18.8 Å². The van der Waals surface area contributed by atoms with E-state index in [2.05, 4.69) is 4.99 Å². The van der Waals surface area contributed by atoms with Gasteiger partial charge >= 0.3 is 5.97 Å². The second-order valence-corrected chi connectivity index (χ2v) is 8.18. The lowest BCUT2D eigenvalue weighted by Crippen LogP contribution is -2.18. The second-order valence-electron chi connectivity index (χ2n) is 6.19. The molecule has 2 heterocycles. The lowest BCUT2D eigenvalue weighted by Gasteiger charge is -2.04. The number of thioether (sulfide) groups is 1. The molecule has 0 saturated carbocycles. The first-order valence-electron chi connectivity index (χ1n) is 8.80. The molecule has 0 unspecified atom stereocenters. The first kappa shape index (κ1) is 19.5. The van der Waals surface area contributed by atoms with E-state index in [0.717, 1.165) is 16.0 Å². The SMILES string of the molecule is COC(=O)c1ccc2c(c1)sc(=NC(=O)c1ccc3c(c1)OCO3)n2CCSC. The molecule has 0 N–H and O–H groups in total. The predicted molar refractivity (Wildman–Crippen MR) is 112 cm³/mol. The van der Waals surface area contributed by atoms with E-state index in [-0.39, 0.29) is 12.7 Å². The monoisotopic (exact) mass is 430 g/mol. The maximum atomic E-state index is 12.8. The third-order valence-corrected chi connectivity index (χ3v) is 6.07. The molecule has 1 aliphatic heterocycles. The molecule has 0 atom stereocenters. The molecule has 1 aliphatic rings. The highest BCUT2D eigenvalue weighted by Crippen LogP contribution is 2.32. The molecule has 1 amide bonds. The first-order valence-corrected chi connectivity index (χ1v) is 11.0. The number of benzene rings is 2. The van der Waals surface area contributed by atoms with Crippen LogP contribution in [0.15, 0.2) is 41.4 Å². The second kappa shape index (κ2) is 8.30. The standard InChI is InChI=1S/C20H18N2O5S2/c1-25-19(24)13-3-5-14-17(10-13)29-20(22(14)7-8-28-2)21-18(23)12-4-6-15-16(9-12)27-11-26-15/h3-6,9-10H,7-8,11H2,1-2H3. The van der Waals surface area contributed by atoms with E-state index < -0.39 is 5.97 Å². The maximum Gasteiger partial charge on any atom is 0.337 e. The largest absolute Gasteiger partial charge is 0.465 e. The summed E-state index contributed by atoms with van der Waals surface area (Å²) >= 11 is 3.08. The van der Waals surface area contributed by atoms with Crippen LogP contribution in [0.2, 0.25) is 0 Å². The van der Waals surface area contributed by atoms with Crippen molar-refractivity contribution >= 4 is 45.2 Å². The van der Waals surface area contributed by atoms with Crippen LogP contribution < -0.4 is 14.3 Å². The van der Waals surface area contributed by atoms with Crippen LogP contribution in [0.3, 0.4) is 0 Å². The van der Waals surface area contributed by atoms with Gasteiger partial charge in [-0.1, -0.05) is 11.3 Å². The smallest absolute Gasteiger partial charge is 0.337 e. The molecule has 2 aromatic carbocycles. The molecular formula is C20H18N2O5S2. The number of thiazole rings is 1. The van der Waals surface area contributed by atoms with Gasteiger partial charge in [-0.2, -0.15) is 16.8 Å². The molecule has 0 aliphatic carbocycles. The zero-order valence-electron chi connectivity index (χ0n) is 15.8. The molecule has 0 saturated heterocycles. The summed E-state index contributed by atoms with van der Waals surface area (Å²) < 4.78 is 18.3. The summed E-state index contributed by atoms with van der Waals surface area (Å²) in [6.45, 7) is 0.851. The predicted octanol–water partition coefficient (Wildman–Crippen LogP) is 3.32. The van der Waals surface area contributed by atoms with Crippen LogP contribution in [-0.4, -0.2) is 42.4 Å². The molecule has 9 heteroatoms. The fourth-order valence-electron chi connectivity index (χ4n) is 2.98. The van der Waals surface area contributed by atoms with Crippen molar-refractivity contribution in [2.24, 2.45) is 4.99 Å². The Morgan fingerprint density at radius 3 is 2.76 bits per heavy atom. The van der Waals surface area contributed by atoms with Gasteiger partial charge in [-0.05, 0) is 42.7 Å². The van der Waals surface area contributed by atoms with Crippen molar-refractivity contribution in [1.82, 2.24) is 4.57 Å². The Labute approximate surface area is 174 Å². The summed E-state index contributed by atoms with van der Waals surface area (Å²) in [4.78, 5) is 29.6. The van der Waals surface area contributed by atoms with Crippen LogP contribution >= 0.6 is 23.1 Å². The Balaban J connectivity index is 1.78. The number of aryl methyl sites for hydroxylation is 1. The van der Waals surface area contributed by atoms with Gasteiger partial charge in [-0.25, -0.2) is 4.79 Å². The van der Waals surface area contributed by atoms with Crippen molar-refractivity contribution in [3.63, 3.8) is 0 Å². The van der Waals surface area contributed by atoms with Gasteiger partial charge in [-0.3, -0.25) is 4.79 Å². The Hall–Kier alpha value is -2.78. The molecular weight excluding hydrogens is 412 g/mol. The number of hydrogen-bond acceptors (Lipinski definition) is 7. The molecule has 0 radical (unpaired) electrons. The zero-order chi connectivity index (χ0) is 20.4.